The molecule has 0 fully saturated rings. The van der Waals surface area contributed by atoms with E-state index in [0.717, 1.165) is 30.2 Å². The molecule has 0 saturated carbocycles. The fourth-order valence-electron chi connectivity index (χ4n) is 1.73. The Balaban J connectivity index is 2.87. The van der Waals surface area contributed by atoms with Crippen molar-refractivity contribution < 1.29 is 0 Å². The van der Waals surface area contributed by atoms with Gasteiger partial charge in [-0.15, -0.1) is 13.2 Å². The Bertz CT molecular complexity index is 421. The molecule has 0 spiro atoms. The molecule has 0 unspecified atom stereocenters. The van der Waals surface area contributed by atoms with Gasteiger partial charge in [0.05, 0.1) is 0 Å². The molecule has 1 aromatic heterocycles. The fourth-order valence-corrected chi connectivity index (χ4v) is 2.76. The highest BCUT2D eigenvalue weighted by Crippen LogP contribution is 2.20. The van der Waals surface area contributed by atoms with E-state index in [0.29, 0.717) is 5.92 Å². The summed E-state index contributed by atoms with van der Waals surface area (Å²) in [5, 5.41) is 0. The molecule has 17 heavy (non-hydrogen) atoms. The van der Waals surface area contributed by atoms with E-state index in [1.54, 1.807) is 0 Å². The minimum absolute atomic E-state index is 0.0286. The van der Waals surface area contributed by atoms with Crippen molar-refractivity contribution in [2.24, 2.45) is 0 Å². The highest BCUT2D eigenvalue weighted by molar-refractivity contribution is 7.09. The van der Waals surface area contributed by atoms with Gasteiger partial charge in [0.2, 0.25) is 0 Å². The number of H-pyrrole nitrogens is 1. The zero-order valence-corrected chi connectivity index (χ0v) is 11.3. The SMILES string of the molecule is C=CCN(CC=C)Cc1sc(=O)[nH]c1C(C)C. The van der Waals surface area contributed by atoms with Crippen LogP contribution in [-0.4, -0.2) is 23.0 Å². The minimum atomic E-state index is 0.0286. The van der Waals surface area contributed by atoms with Crippen molar-refractivity contribution in [2.75, 3.05) is 13.1 Å². The van der Waals surface area contributed by atoms with Gasteiger partial charge in [-0.25, -0.2) is 0 Å². The Morgan fingerprint density at radius 1 is 1.35 bits per heavy atom. The summed E-state index contributed by atoms with van der Waals surface area (Å²) in [5.74, 6) is 0.346. The lowest BCUT2D eigenvalue weighted by molar-refractivity contribution is 0.329. The van der Waals surface area contributed by atoms with E-state index in [9.17, 15) is 4.79 Å². The topological polar surface area (TPSA) is 36.1 Å². The van der Waals surface area contributed by atoms with Gasteiger partial charge in [-0.05, 0) is 5.92 Å². The average molecular weight is 252 g/mol. The zero-order valence-electron chi connectivity index (χ0n) is 10.5. The first-order valence-corrected chi connectivity index (χ1v) is 6.56. The van der Waals surface area contributed by atoms with Crippen LogP contribution in [-0.2, 0) is 6.54 Å². The third kappa shape index (κ3) is 3.98. The monoisotopic (exact) mass is 252 g/mol. The summed E-state index contributed by atoms with van der Waals surface area (Å²) < 4.78 is 0. The van der Waals surface area contributed by atoms with Gasteiger partial charge in [-0.3, -0.25) is 9.69 Å². The predicted octanol–water partition coefficient (Wildman–Crippen LogP) is 2.73. The normalized spacial score (nSPS) is 11.1. The van der Waals surface area contributed by atoms with Crippen molar-refractivity contribution >= 4 is 11.3 Å². The Morgan fingerprint density at radius 2 is 1.94 bits per heavy atom. The second-order valence-corrected chi connectivity index (χ2v) is 5.35. The molecule has 1 rings (SSSR count). The molecule has 1 aromatic rings. The molecule has 0 aromatic carbocycles. The summed E-state index contributed by atoms with van der Waals surface area (Å²) in [6.07, 6.45) is 3.74. The number of rotatable bonds is 7. The third-order valence-corrected chi connectivity index (χ3v) is 3.36. The summed E-state index contributed by atoms with van der Waals surface area (Å²) in [7, 11) is 0. The lowest BCUT2D eigenvalue weighted by Gasteiger charge is -2.18. The summed E-state index contributed by atoms with van der Waals surface area (Å²) in [5.41, 5.74) is 1.05. The maximum absolute atomic E-state index is 11.4. The number of aromatic nitrogens is 1. The lowest BCUT2D eigenvalue weighted by atomic mass is 10.1. The van der Waals surface area contributed by atoms with Crippen LogP contribution in [0.3, 0.4) is 0 Å². The lowest BCUT2D eigenvalue weighted by Crippen LogP contribution is -2.23. The molecular weight excluding hydrogens is 232 g/mol. The molecule has 4 heteroatoms. The Hall–Kier alpha value is -1.13. The molecule has 1 heterocycles. The van der Waals surface area contributed by atoms with Crippen molar-refractivity contribution in [3.63, 3.8) is 0 Å². The van der Waals surface area contributed by atoms with E-state index in [2.05, 4.69) is 36.9 Å². The van der Waals surface area contributed by atoms with Crippen LogP contribution in [0, 0.1) is 0 Å². The van der Waals surface area contributed by atoms with E-state index in [1.165, 1.54) is 11.3 Å². The van der Waals surface area contributed by atoms with Crippen LogP contribution in [0.25, 0.3) is 0 Å². The van der Waals surface area contributed by atoms with Gasteiger partial charge >= 0.3 is 4.87 Å². The maximum Gasteiger partial charge on any atom is 0.304 e. The Labute approximate surface area is 106 Å². The van der Waals surface area contributed by atoms with Crippen molar-refractivity contribution in [1.82, 2.24) is 9.88 Å². The van der Waals surface area contributed by atoms with Crippen molar-refractivity contribution in [3.8, 4) is 0 Å². The molecule has 0 bridgehead atoms. The van der Waals surface area contributed by atoms with Gasteiger partial charge in [0.1, 0.15) is 0 Å². The molecule has 1 N–H and O–H groups in total. The van der Waals surface area contributed by atoms with Crippen LogP contribution in [0.2, 0.25) is 0 Å². The molecule has 0 atom stereocenters. The van der Waals surface area contributed by atoms with Crippen LogP contribution < -0.4 is 4.87 Å². The minimum Gasteiger partial charge on any atom is -0.316 e. The molecular formula is C13H20N2OS. The smallest absolute Gasteiger partial charge is 0.304 e. The summed E-state index contributed by atoms with van der Waals surface area (Å²) in [6, 6.07) is 0. The first kappa shape index (κ1) is 13.9. The molecule has 0 aliphatic heterocycles. The number of nitrogens with one attached hydrogen (secondary N) is 1. The van der Waals surface area contributed by atoms with Crippen LogP contribution in [0.15, 0.2) is 30.1 Å². The van der Waals surface area contributed by atoms with Gasteiger partial charge < -0.3 is 4.98 Å². The summed E-state index contributed by atoms with van der Waals surface area (Å²) in [6.45, 7) is 14.0. The third-order valence-electron chi connectivity index (χ3n) is 2.47. The van der Waals surface area contributed by atoms with Crippen molar-refractivity contribution in [3.05, 3.63) is 45.5 Å². The van der Waals surface area contributed by atoms with Crippen LogP contribution in [0.4, 0.5) is 0 Å². The predicted molar refractivity (Wildman–Crippen MR) is 74.7 cm³/mol. The van der Waals surface area contributed by atoms with Crippen molar-refractivity contribution in [1.29, 1.82) is 0 Å². The van der Waals surface area contributed by atoms with E-state index in [1.807, 2.05) is 12.2 Å². The van der Waals surface area contributed by atoms with Crippen LogP contribution >= 0.6 is 11.3 Å². The van der Waals surface area contributed by atoms with Gasteiger partial charge in [-0.1, -0.05) is 37.3 Å². The Kier molecular flexibility index (Phi) is 5.38. The molecule has 0 aliphatic rings. The second kappa shape index (κ2) is 6.57. The van der Waals surface area contributed by atoms with Gasteiger partial charge in [0.15, 0.2) is 0 Å². The number of thiazole rings is 1. The van der Waals surface area contributed by atoms with Crippen LogP contribution in [0.5, 0.6) is 0 Å². The fraction of sp³-hybridized carbons (Fsp3) is 0.462. The van der Waals surface area contributed by atoms with E-state index < -0.39 is 0 Å². The average Bonchev–Trinajstić information content (AvgIpc) is 2.60. The first-order chi connectivity index (χ1) is 8.08. The molecule has 0 saturated heterocycles. The van der Waals surface area contributed by atoms with Crippen molar-refractivity contribution in [2.45, 2.75) is 26.3 Å². The standard InChI is InChI=1S/C13H20N2OS/c1-5-7-15(8-6-2)9-11-12(10(3)4)14-13(16)17-11/h5-6,10H,1-2,7-9H2,3-4H3,(H,14,16). The second-order valence-electron chi connectivity index (χ2n) is 4.28. The highest BCUT2D eigenvalue weighted by Gasteiger charge is 2.13. The van der Waals surface area contributed by atoms with E-state index in [4.69, 9.17) is 0 Å². The summed E-state index contributed by atoms with van der Waals surface area (Å²) in [4.78, 5) is 17.7. The van der Waals surface area contributed by atoms with Gasteiger partial charge in [0, 0.05) is 30.2 Å². The zero-order chi connectivity index (χ0) is 12.8. The molecule has 0 radical (unpaired) electrons. The number of hydrogen-bond acceptors (Lipinski definition) is 3. The highest BCUT2D eigenvalue weighted by atomic mass is 32.1. The van der Waals surface area contributed by atoms with Gasteiger partial charge in [-0.2, -0.15) is 0 Å². The maximum atomic E-state index is 11.4. The van der Waals surface area contributed by atoms with E-state index >= 15 is 0 Å². The molecule has 94 valence electrons. The first-order valence-electron chi connectivity index (χ1n) is 5.74. The number of nitrogens with zero attached hydrogens (tertiary/aromatic N) is 1. The quantitative estimate of drug-likeness (QED) is 0.757. The molecule has 0 aliphatic carbocycles. The van der Waals surface area contributed by atoms with E-state index in [-0.39, 0.29) is 4.87 Å². The Morgan fingerprint density at radius 3 is 2.41 bits per heavy atom. The van der Waals surface area contributed by atoms with Crippen LogP contribution in [0.1, 0.15) is 30.3 Å². The summed E-state index contributed by atoms with van der Waals surface area (Å²) >= 11 is 1.30. The molecule has 3 nitrogen and oxygen atoms in total. The number of aromatic amines is 1. The van der Waals surface area contributed by atoms with Gasteiger partial charge in [0.25, 0.3) is 0 Å². The molecule has 0 amide bonds. The number of hydrogen-bond donors (Lipinski definition) is 1. The largest absolute Gasteiger partial charge is 0.316 e.